The van der Waals surface area contributed by atoms with Gasteiger partial charge in [-0.25, -0.2) is 9.78 Å². The highest BCUT2D eigenvalue weighted by molar-refractivity contribution is 5.87. The van der Waals surface area contributed by atoms with Crippen molar-refractivity contribution in [2.45, 2.75) is 20.5 Å². The van der Waals surface area contributed by atoms with Gasteiger partial charge < -0.3 is 14.4 Å². The van der Waals surface area contributed by atoms with Gasteiger partial charge in [0, 0.05) is 12.3 Å². The Balaban J connectivity index is 1.79. The first-order valence-corrected chi connectivity index (χ1v) is 7.12. The van der Waals surface area contributed by atoms with Crippen LogP contribution in [0.15, 0.2) is 35.0 Å². The zero-order valence-electron chi connectivity index (χ0n) is 13.1. The predicted octanol–water partition coefficient (Wildman–Crippen LogP) is 2.42. The minimum atomic E-state index is -1.04. The van der Waals surface area contributed by atoms with Crippen LogP contribution in [0.3, 0.4) is 0 Å². The second kappa shape index (κ2) is 6.45. The van der Waals surface area contributed by atoms with E-state index >= 15 is 0 Å². The highest BCUT2D eigenvalue weighted by Crippen LogP contribution is 2.24. The van der Waals surface area contributed by atoms with Crippen molar-refractivity contribution in [3.8, 4) is 17.3 Å². The first kappa shape index (κ1) is 15.6. The van der Waals surface area contributed by atoms with Crippen molar-refractivity contribution < 1.29 is 19.2 Å². The van der Waals surface area contributed by atoms with Crippen molar-refractivity contribution in [2.24, 2.45) is 0 Å². The van der Waals surface area contributed by atoms with E-state index < -0.39 is 5.97 Å². The maximum absolute atomic E-state index is 10.8. The summed E-state index contributed by atoms with van der Waals surface area (Å²) in [6, 6.07) is 6.57. The van der Waals surface area contributed by atoms with Crippen molar-refractivity contribution in [1.82, 2.24) is 20.3 Å². The zero-order valence-corrected chi connectivity index (χ0v) is 13.1. The Bertz CT molecular complexity index is 857. The molecule has 0 aromatic carbocycles. The summed E-state index contributed by atoms with van der Waals surface area (Å²) in [5, 5.41) is 21.0. The molecule has 0 spiro atoms. The molecule has 0 unspecified atom stereocenters. The van der Waals surface area contributed by atoms with Crippen molar-refractivity contribution >= 4 is 5.97 Å². The molecule has 24 heavy (non-hydrogen) atoms. The molecule has 0 aliphatic rings. The normalized spacial score (nSPS) is 10.6. The minimum absolute atomic E-state index is 0.0964. The molecular formula is C16H14N4O4. The second-order valence-corrected chi connectivity index (χ2v) is 5.10. The highest BCUT2D eigenvalue weighted by Gasteiger charge is 2.17. The van der Waals surface area contributed by atoms with Crippen LogP contribution in [0.4, 0.5) is 0 Å². The Labute approximate surface area is 137 Å². The van der Waals surface area contributed by atoms with E-state index in [1.165, 1.54) is 18.3 Å². The highest BCUT2D eigenvalue weighted by atomic mass is 16.5. The average Bonchev–Trinajstić information content (AvgIpc) is 2.95. The van der Waals surface area contributed by atoms with Crippen molar-refractivity contribution in [3.63, 3.8) is 0 Å². The Hall–Kier alpha value is -3.29. The van der Waals surface area contributed by atoms with Crippen LogP contribution in [0.5, 0.6) is 5.88 Å². The van der Waals surface area contributed by atoms with E-state index in [4.69, 9.17) is 14.4 Å². The van der Waals surface area contributed by atoms with E-state index in [0.717, 1.165) is 11.3 Å². The molecule has 1 N–H and O–H groups in total. The largest absolute Gasteiger partial charge is 0.478 e. The average molecular weight is 326 g/mol. The molecule has 3 aromatic rings. The van der Waals surface area contributed by atoms with Gasteiger partial charge in [0.05, 0.1) is 16.8 Å². The molecule has 0 bridgehead atoms. The number of hydrogen-bond acceptors (Lipinski definition) is 7. The van der Waals surface area contributed by atoms with Crippen LogP contribution in [-0.2, 0) is 6.61 Å². The topological polar surface area (TPSA) is 111 Å². The van der Waals surface area contributed by atoms with E-state index in [1.54, 1.807) is 6.92 Å². The summed E-state index contributed by atoms with van der Waals surface area (Å²) < 4.78 is 10.8. The molecule has 0 saturated carbocycles. The van der Waals surface area contributed by atoms with E-state index in [0.29, 0.717) is 23.0 Å². The first-order valence-electron chi connectivity index (χ1n) is 7.12. The van der Waals surface area contributed by atoms with Crippen LogP contribution < -0.4 is 4.74 Å². The number of ether oxygens (including phenoxy) is 1. The predicted molar refractivity (Wildman–Crippen MR) is 82.5 cm³/mol. The number of carbonyl (C=O) groups is 1. The van der Waals surface area contributed by atoms with Crippen LogP contribution in [0.25, 0.3) is 11.4 Å². The molecule has 0 saturated heterocycles. The number of rotatable bonds is 5. The smallest absolute Gasteiger partial charge is 0.337 e. The fraction of sp³-hybridized carbons (Fsp3) is 0.188. The summed E-state index contributed by atoms with van der Waals surface area (Å²) in [5.41, 5.74) is 2.78. The third kappa shape index (κ3) is 3.22. The molecule has 0 aliphatic carbocycles. The number of carboxylic acid groups (broad SMARTS) is 1. The Morgan fingerprint density at radius 3 is 2.67 bits per heavy atom. The summed E-state index contributed by atoms with van der Waals surface area (Å²) >= 11 is 0. The maximum atomic E-state index is 10.8. The van der Waals surface area contributed by atoms with Gasteiger partial charge in [0.25, 0.3) is 0 Å². The third-order valence-electron chi connectivity index (χ3n) is 3.37. The van der Waals surface area contributed by atoms with E-state index in [-0.39, 0.29) is 12.2 Å². The fourth-order valence-electron chi connectivity index (χ4n) is 2.03. The fourth-order valence-corrected chi connectivity index (χ4v) is 2.03. The molecule has 122 valence electrons. The lowest BCUT2D eigenvalue weighted by atomic mass is 10.1. The number of carboxylic acids is 1. The van der Waals surface area contributed by atoms with Gasteiger partial charge in [-0.1, -0.05) is 5.16 Å². The SMILES string of the molecule is Cc1ccc(-c2noc(C)c2COc2ccc(C(=O)O)cn2)nn1. The van der Waals surface area contributed by atoms with Crippen molar-refractivity contribution in [1.29, 1.82) is 0 Å². The van der Waals surface area contributed by atoms with Gasteiger partial charge in [0.2, 0.25) is 5.88 Å². The molecule has 0 atom stereocenters. The third-order valence-corrected chi connectivity index (χ3v) is 3.37. The zero-order chi connectivity index (χ0) is 17.1. The molecule has 3 rings (SSSR count). The number of aryl methyl sites for hydroxylation is 2. The van der Waals surface area contributed by atoms with Crippen LogP contribution in [-0.4, -0.2) is 31.4 Å². The van der Waals surface area contributed by atoms with Crippen LogP contribution in [0, 0.1) is 13.8 Å². The molecule has 3 heterocycles. The Morgan fingerprint density at radius 2 is 2.04 bits per heavy atom. The van der Waals surface area contributed by atoms with E-state index in [9.17, 15) is 4.79 Å². The molecule has 3 aromatic heterocycles. The summed E-state index contributed by atoms with van der Waals surface area (Å²) in [6.45, 7) is 3.79. The van der Waals surface area contributed by atoms with Crippen molar-refractivity contribution in [3.05, 3.63) is 53.0 Å². The van der Waals surface area contributed by atoms with E-state index in [1.807, 2.05) is 19.1 Å². The van der Waals surface area contributed by atoms with E-state index in [2.05, 4.69) is 20.3 Å². The van der Waals surface area contributed by atoms with Gasteiger partial charge >= 0.3 is 5.97 Å². The molecule has 0 amide bonds. The summed E-state index contributed by atoms with van der Waals surface area (Å²) in [7, 11) is 0. The number of hydrogen-bond donors (Lipinski definition) is 1. The number of nitrogens with zero attached hydrogens (tertiary/aromatic N) is 4. The number of aromatic nitrogens is 4. The maximum Gasteiger partial charge on any atom is 0.337 e. The quantitative estimate of drug-likeness (QED) is 0.761. The number of pyridine rings is 1. The molecule has 0 fully saturated rings. The molecule has 8 heteroatoms. The standard InChI is InChI=1S/C16H14N4O4/c1-9-3-5-13(19-18-9)15-12(10(2)24-20-15)8-23-14-6-4-11(7-17-14)16(21)22/h3-7H,8H2,1-2H3,(H,21,22). The Kier molecular flexibility index (Phi) is 4.19. The van der Waals surface area contributed by atoms with Gasteiger partial charge in [-0.2, -0.15) is 5.10 Å². The van der Waals surface area contributed by atoms with Gasteiger partial charge in [-0.15, -0.1) is 5.10 Å². The van der Waals surface area contributed by atoms with Crippen LogP contribution >= 0.6 is 0 Å². The molecule has 0 aliphatic heterocycles. The van der Waals surface area contributed by atoms with Gasteiger partial charge in [-0.3, -0.25) is 0 Å². The Morgan fingerprint density at radius 1 is 1.21 bits per heavy atom. The first-order chi connectivity index (χ1) is 11.5. The van der Waals surface area contributed by atoms with Gasteiger partial charge in [-0.05, 0) is 32.0 Å². The second-order valence-electron chi connectivity index (χ2n) is 5.10. The molecule has 8 nitrogen and oxygen atoms in total. The molecular weight excluding hydrogens is 312 g/mol. The summed E-state index contributed by atoms with van der Waals surface area (Å²) in [6.07, 6.45) is 1.24. The monoisotopic (exact) mass is 326 g/mol. The lowest BCUT2D eigenvalue weighted by Gasteiger charge is -2.06. The molecule has 0 radical (unpaired) electrons. The van der Waals surface area contributed by atoms with Gasteiger partial charge in [0.1, 0.15) is 23.8 Å². The number of aromatic carboxylic acids is 1. The summed E-state index contributed by atoms with van der Waals surface area (Å²) in [5.74, 6) is -0.125. The van der Waals surface area contributed by atoms with Crippen LogP contribution in [0.1, 0.15) is 27.4 Å². The lowest BCUT2D eigenvalue weighted by Crippen LogP contribution is -2.02. The van der Waals surface area contributed by atoms with Crippen LogP contribution in [0.2, 0.25) is 0 Å². The summed E-state index contributed by atoms with van der Waals surface area (Å²) in [4.78, 5) is 14.8. The van der Waals surface area contributed by atoms with Crippen molar-refractivity contribution in [2.75, 3.05) is 0 Å². The van der Waals surface area contributed by atoms with Gasteiger partial charge in [0.15, 0.2) is 0 Å². The minimum Gasteiger partial charge on any atom is -0.478 e. The lowest BCUT2D eigenvalue weighted by molar-refractivity contribution is 0.0696.